The Kier molecular flexibility index (Phi) is 2.26. The number of halogens is 2. The molecule has 70 valence electrons. The van der Waals surface area contributed by atoms with Gasteiger partial charge in [-0.15, -0.1) is 23.2 Å². The van der Waals surface area contributed by atoms with Crippen LogP contribution in [-0.2, 0) is 0 Å². The first kappa shape index (κ1) is 9.32. The van der Waals surface area contributed by atoms with E-state index in [0.29, 0.717) is 0 Å². The van der Waals surface area contributed by atoms with Gasteiger partial charge in [0.25, 0.3) is 0 Å². The number of alkyl halides is 2. The summed E-state index contributed by atoms with van der Waals surface area (Å²) < 4.78 is -0.768. The molecule has 1 N–H and O–H groups in total. The molecule has 0 heterocycles. The van der Waals surface area contributed by atoms with E-state index in [2.05, 4.69) is 0 Å². The Morgan fingerprint density at radius 1 is 1.23 bits per heavy atom. The maximum atomic E-state index is 9.00. The third-order valence-corrected chi connectivity index (χ3v) is 3.59. The van der Waals surface area contributed by atoms with Crippen LogP contribution in [0.4, 0.5) is 0 Å². The van der Waals surface area contributed by atoms with Gasteiger partial charge in [0, 0.05) is 18.4 Å². The zero-order valence-electron chi connectivity index (χ0n) is 6.95. The maximum Gasteiger partial charge on any atom is 0.131 e. The van der Waals surface area contributed by atoms with Gasteiger partial charge in [0.2, 0.25) is 0 Å². The minimum atomic E-state index is -0.768. The van der Waals surface area contributed by atoms with E-state index in [4.69, 9.17) is 28.3 Å². The molecule has 13 heavy (non-hydrogen) atoms. The average Bonchev–Trinajstić information content (AvgIpc) is 2.69. The lowest BCUT2D eigenvalue weighted by Gasteiger charge is -1.98. The third-order valence-electron chi connectivity index (χ3n) is 2.56. The first-order valence-corrected chi connectivity index (χ1v) is 4.97. The summed E-state index contributed by atoms with van der Waals surface area (Å²) in [6.45, 7) is 0.0482. The molecule has 1 saturated carbocycles. The van der Waals surface area contributed by atoms with E-state index >= 15 is 0 Å². The normalized spacial score (nSPS) is 30.1. The van der Waals surface area contributed by atoms with E-state index in [9.17, 15) is 0 Å². The standard InChI is InChI=1S/C10H10Cl2O/c11-10(12)8(6-13)9(10)7-4-2-1-3-5-7/h1-5,8-9,13H,6H2/t8-,9-/m0/s1. The van der Waals surface area contributed by atoms with Crippen LogP contribution in [0.25, 0.3) is 0 Å². The van der Waals surface area contributed by atoms with E-state index in [1.807, 2.05) is 30.3 Å². The fourth-order valence-electron chi connectivity index (χ4n) is 1.73. The number of benzene rings is 1. The van der Waals surface area contributed by atoms with Crippen molar-refractivity contribution in [3.8, 4) is 0 Å². The average molecular weight is 217 g/mol. The van der Waals surface area contributed by atoms with Crippen LogP contribution in [0, 0.1) is 5.92 Å². The molecule has 0 bridgehead atoms. The summed E-state index contributed by atoms with van der Waals surface area (Å²) in [5, 5.41) is 9.00. The number of aliphatic hydroxyl groups excluding tert-OH is 1. The number of rotatable bonds is 2. The SMILES string of the molecule is OC[C@H]1[C@H](c2ccccc2)C1(Cl)Cl. The largest absolute Gasteiger partial charge is 0.396 e. The molecule has 1 aliphatic carbocycles. The highest BCUT2D eigenvalue weighted by molar-refractivity contribution is 6.51. The summed E-state index contributed by atoms with van der Waals surface area (Å²) in [6, 6.07) is 9.82. The number of hydrogen-bond acceptors (Lipinski definition) is 1. The predicted octanol–water partition coefficient (Wildman–Crippen LogP) is 2.57. The van der Waals surface area contributed by atoms with Crippen molar-refractivity contribution < 1.29 is 5.11 Å². The second-order valence-electron chi connectivity index (χ2n) is 3.35. The third kappa shape index (κ3) is 1.45. The molecule has 1 aliphatic rings. The molecule has 0 radical (unpaired) electrons. The van der Waals surface area contributed by atoms with Gasteiger partial charge in [-0.2, -0.15) is 0 Å². The van der Waals surface area contributed by atoms with Crippen molar-refractivity contribution in [1.29, 1.82) is 0 Å². The van der Waals surface area contributed by atoms with Gasteiger partial charge in [-0.3, -0.25) is 0 Å². The number of aliphatic hydroxyl groups is 1. The maximum absolute atomic E-state index is 9.00. The molecule has 0 unspecified atom stereocenters. The van der Waals surface area contributed by atoms with Crippen LogP contribution in [0.3, 0.4) is 0 Å². The summed E-state index contributed by atoms with van der Waals surface area (Å²) in [7, 11) is 0. The van der Waals surface area contributed by atoms with Gasteiger partial charge in [0.05, 0.1) is 0 Å². The van der Waals surface area contributed by atoms with Crippen molar-refractivity contribution in [3.63, 3.8) is 0 Å². The molecule has 0 saturated heterocycles. The fraction of sp³-hybridized carbons (Fsp3) is 0.400. The van der Waals surface area contributed by atoms with E-state index in [1.165, 1.54) is 0 Å². The molecule has 1 nitrogen and oxygen atoms in total. The molecule has 2 rings (SSSR count). The van der Waals surface area contributed by atoms with Crippen LogP contribution < -0.4 is 0 Å². The van der Waals surface area contributed by atoms with Crippen molar-refractivity contribution in [1.82, 2.24) is 0 Å². The van der Waals surface area contributed by atoms with Gasteiger partial charge < -0.3 is 5.11 Å². The lowest BCUT2D eigenvalue weighted by Crippen LogP contribution is -1.93. The highest BCUT2D eigenvalue weighted by Gasteiger charge is 2.63. The summed E-state index contributed by atoms with van der Waals surface area (Å²) in [4.78, 5) is 0. The second-order valence-corrected chi connectivity index (χ2v) is 4.80. The van der Waals surface area contributed by atoms with Crippen LogP contribution in [0.2, 0.25) is 0 Å². The quantitative estimate of drug-likeness (QED) is 0.755. The predicted molar refractivity (Wildman–Crippen MR) is 54.2 cm³/mol. The molecule has 0 aliphatic heterocycles. The van der Waals surface area contributed by atoms with Gasteiger partial charge in [0.15, 0.2) is 0 Å². The molecule has 1 aromatic carbocycles. The van der Waals surface area contributed by atoms with E-state index < -0.39 is 4.33 Å². The van der Waals surface area contributed by atoms with Crippen molar-refractivity contribution in [2.24, 2.45) is 5.92 Å². The Labute approximate surface area is 87.3 Å². The van der Waals surface area contributed by atoms with Crippen LogP contribution in [0.15, 0.2) is 30.3 Å². The van der Waals surface area contributed by atoms with Crippen LogP contribution >= 0.6 is 23.2 Å². The smallest absolute Gasteiger partial charge is 0.131 e. The molecule has 2 atom stereocenters. The lowest BCUT2D eigenvalue weighted by molar-refractivity contribution is 0.273. The first-order chi connectivity index (χ1) is 6.18. The Balaban J connectivity index is 2.22. The monoisotopic (exact) mass is 216 g/mol. The van der Waals surface area contributed by atoms with Gasteiger partial charge in [-0.05, 0) is 5.56 Å². The van der Waals surface area contributed by atoms with E-state index in [0.717, 1.165) is 5.56 Å². The fourth-order valence-corrected chi connectivity index (χ4v) is 2.55. The van der Waals surface area contributed by atoms with Crippen LogP contribution in [-0.4, -0.2) is 16.0 Å². The Morgan fingerprint density at radius 2 is 1.85 bits per heavy atom. The van der Waals surface area contributed by atoms with E-state index in [-0.39, 0.29) is 18.4 Å². The molecular weight excluding hydrogens is 207 g/mol. The molecule has 3 heteroatoms. The van der Waals surface area contributed by atoms with Gasteiger partial charge in [-0.25, -0.2) is 0 Å². The van der Waals surface area contributed by atoms with Crippen LogP contribution in [0.5, 0.6) is 0 Å². The zero-order valence-corrected chi connectivity index (χ0v) is 8.46. The minimum Gasteiger partial charge on any atom is -0.396 e. The van der Waals surface area contributed by atoms with Crippen molar-refractivity contribution in [2.75, 3.05) is 6.61 Å². The lowest BCUT2D eigenvalue weighted by atomic mass is 10.1. The van der Waals surface area contributed by atoms with E-state index in [1.54, 1.807) is 0 Å². The van der Waals surface area contributed by atoms with Crippen molar-refractivity contribution >= 4 is 23.2 Å². The molecular formula is C10H10Cl2O. The molecule has 0 spiro atoms. The molecule has 1 aromatic rings. The Morgan fingerprint density at radius 3 is 2.31 bits per heavy atom. The summed E-state index contributed by atoms with van der Waals surface area (Å²) in [6.07, 6.45) is 0. The van der Waals surface area contributed by atoms with Gasteiger partial charge in [0.1, 0.15) is 4.33 Å². The Bertz CT molecular complexity index is 297. The topological polar surface area (TPSA) is 20.2 Å². The summed E-state index contributed by atoms with van der Waals surface area (Å²) in [5.41, 5.74) is 1.10. The molecule has 0 amide bonds. The molecule has 1 fully saturated rings. The van der Waals surface area contributed by atoms with Crippen molar-refractivity contribution in [2.45, 2.75) is 10.3 Å². The molecule has 0 aromatic heterocycles. The van der Waals surface area contributed by atoms with Gasteiger partial charge in [-0.1, -0.05) is 30.3 Å². The zero-order chi connectivity index (χ0) is 9.47. The number of hydrogen-bond donors (Lipinski definition) is 1. The highest BCUT2D eigenvalue weighted by atomic mass is 35.5. The second kappa shape index (κ2) is 3.16. The minimum absolute atomic E-state index is 0.0155. The van der Waals surface area contributed by atoms with Crippen molar-refractivity contribution in [3.05, 3.63) is 35.9 Å². The van der Waals surface area contributed by atoms with Crippen LogP contribution in [0.1, 0.15) is 11.5 Å². The summed E-state index contributed by atoms with van der Waals surface area (Å²) >= 11 is 12.0. The summed E-state index contributed by atoms with van der Waals surface area (Å²) in [5.74, 6) is 0.0697. The van der Waals surface area contributed by atoms with Gasteiger partial charge >= 0.3 is 0 Å². The Hall–Kier alpha value is -0.240. The first-order valence-electron chi connectivity index (χ1n) is 4.21. The highest BCUT2D eigenvalue weighted by Crippen LogP contribution is 2.64.